The fraction of sp³-hybridized carbons (Fsp3) is 0.310. The highest BCUT2D eigenvalue weighted by atomic mass is 16.5. The van der Waals surface area contributed by atoms with E-state index in [1.165, 1.54) is 5.56 Å². The summed E-state index contributed by atoms with van der Waals surface area (Å²) in [5, 5.41) is 3.03. The van der Waals surface area contributed by atoms with Crippen LogP contribution in [0.25, 0.3) is 11.0 Å². The Morgan fingerprint density at radius 2 is 1.82 bits per heavy atom. The maximum Gasteiger partial charge on any atom is 0.251 e. The minimum absolute atomic E-state index is 0.0522. The number of carbonyl (C=O) groups excluding carboxylic acids is 1. The Bertz CT molecular complexity index is 1260. The number of carbonyl (C=O) groups is 1. The first kappa shape index (κ1) is 23.6. The third-order valence-electron chi connectivity index (χ3n) is 5.97. The molecule has 0 aliphatic carbocycles. The molecule has 0 aliphatic heterocycles. The first-order chi connectivity index (χ1) is 16.5. The lowest BCUT2D eigenvalue weighted by molar-refractivity contribution is 0.0954. The molecule has 0 saturated carbocycles. The van der Waals surface area contributed by atoms with Gasteiger partial charge in [0.2, 0.25) is 0 Å². The number of nitrogens with one attached hydrogen (secondary N) is 1. The van der Waals surface area contributed by atoms with Gasteiger partial charge in [0, 0.05) is 25.1 Å². The Labute approximate surface area is 201 Å². The summed E-state index contributed by atoms with van der Waals surface area (Å²) in [7, 11) is 0. The molecule has 0 bridgehead atoms. The van der Waals surface area contributed by atoms with E-state index in [1.54, 1.807) is 0 Å². The van der Waals surface area contributed by atoms with Gasteiger partial charge in [-0.1, -0.05) is 61.9 Å². The fourth-order valence-corrected chi connectivity index (χ4v) is 4.24. The first-order valence-electron chi connectivity index (χ1n) is 12.0. The van der Waals surface area contributed by atoms with Crippen LogP contribution in [0.4, 0.5) is 0 Å². The summed E-state index contributed by atoms with van der Waals surface area (Å²) in [5.74, 6) is 2.32. The molecule has 4 aromatic rings. The molecule has 1 N–H and O–H groups in total. The average Bonchev–Trinajstić information content (AvgIpc) is 3.19. The highest BCUT2D eigenvalue weighted by Gasteiger charge is 2.12. The van der Waals surface area contributed by atoms with Crippen LogP contribution >= 0.6 is 0 Å². The predicted octanol–water partition coefficient (Wildman–Crippen LogP) is 5.91. The number of hydrogen-bond donors (Lipinski definition) is 1. The molecule has 5 heteroatoms. The molecule has 1 amide bonds. The van der Waals surface area contributed by atoms with Crippen molar-refractivity contribution in [2.75, 3.05) is 13.2 Å². The van der Waals surface area contributed by atoms with E-state index in [9.17, 15) is 4.79 Å². The zero-order valence-electron chi connectivity index (χ0n) is 20.3. The van der Waals surface area contributed by atoms with Crippen molar-refractivity contribution in [1.29, 1.82) is 0 Å². The number of ether oxygens (including phenoxy) is 1. The summed E-state index contributed by atoms with van der Waals surface area (Å²) in [6.45, 7) is 8.34. The SMILES string of the molecule is Cc1cccc(C(=O)NCCc2nc3ccccc3n2CCCOc2ccccc2C(C)C)c1. The lowest BCUT2D eigenvalue weighted by Gasteiger charge is -2.14. The summed E-state index contributed by atoms with van der Waals surface area (Å²) in [4.78, 5) is 17.4. The molecule has 34 heavy (non-hydrogen) atoms. The zero-order valence-corrected chi connectivity index (χ0v) is 20.3. The van der Waals surface area contributed by atoms with E-state index in [0.29, 0.717) is 31.1 Å². The fourth-order valence-electron chi connectivity index (χ4n) is 4.24. The minimum Gasteiger partial charge on any atom is -0.493 e. The number of aromatic nitrogens is 2. The van der Waals surface area contributed by atoms with E-state index in [4.69, 9.17) is 9.72 Å². The maximum atomic E-state index is 12.5. The minimum atomic E-state index is -0.0522. The van der Waals surface area contributed by atoms with Gasteiger partial charge in [-0.3, -0.25) is 4.79 Å². The molecule has 0 radical (unpaired) electrons. The average molecular weight is 456 g/mol. The Kier molecular flexibility index (Phi) is 7.63. The molecule has 0 saturated heterocycles. The molecule has 5 nitrogen and oxygen atoms in total. The molecule has 0 fully saturated rings. The second-order valence-corrected chi connectivity index (χ2v) is 8.94. The molecule has 1 heterocycles. The van der Waals surface area contributed by atoms with Crippen LogP contribution in [0.5, 0.6) is 5.75 Å². The standard InChI is InChI=1S/C29H33N3O2/c1-21(2)24-12-4-7-15-27(24)34-19-9-18-32-26-14-6-5-13-25(26)31-28(32)16-17-30-29(33)23-11-8-10-22(3)20-23/h4-8,10-15,20-21H,9,16-19H2,1-3H3,(H,30,33). The van der Waals surface area contributed by atoms with Crippen molar-refractivity contribution in [2.24, 2.45) is 0 Å². The van der Waals surface area contributed by atoms with Crippen molar-refractivity contribution in [3.8, 4) is 5.75 Å². The summed E-state index contributed by atoms with van der Waals surface area (Å²) in [6, 6.07) is 24.1. The molecule has 0 spiro atoms. The number of nitrogens with zero attached hydrogens (tertiary/aromatic N) is 2. The molecule has 1 aromatic heterocycles. The smallest absolute Gasteiger partial charge is 0.251 e. The van der Waals surface area contributed by atoms with Gasteiger partial charge in [0.15, 0.2) is 0 Å². The number of imidazole rings is 1. The van der Waals surface area contributed by atoms with Gasteiger partial charge in [0.25, 0.3) is 5.91 Å². The quantitative estimate of drug-likeness (QED) is 0.303. The van der Waals surface area contributed by atoms with Crippen LogP contribution in [-0.2, 0) is 13.0 Å². The van der Waals surface area contributed by atoms with Crippen molar-refractivity contribution < 1.29 is 9.53 Å². The van der Waals surface area contributed by atoms with Crippen molar-refractivity contribution in [2.45, 2.75) is 46.1 Å². The van der Waals surface area contributed by atoms with Crippen molar-refractivity contribution in [3.05, 3.63) is 95.3 Å². The lowest BCUT2D eigenvalue weighted by atomic mass is 10.0. The Morgan fingerprint density at radius 3 is 2.65 bits per heavy atom. The van der Waals surface area contributed by atoms with Crippen molar-refractivity contribution in [1.82, 2.24) is 14.9 Å². The number of benzene rings is 3. The van der Waals surface area contributed by atoms with E-state index in [0.717, 1.165) is 41.1 Å². The van der Waals surface area contributed by atoms with Gasteiger partial charge in [-0.05, 0) is 55.2 Å². The molecule has 176 valence electrons. The van der Waals surface area contributed by atoms with Crippen LogP contribution in [0.15, 0.2) is 72.8 Å². The summed E-state index contributed by atoms with van der Waals surface area (Å²) in [6.07, 6.45) is 1.54. The molecular formula is C29H33N3O2. The lowest BCUT2D eigenvalue weighted by Crippen LogP contribution is -2.26. The summed E-state index contributed by atoms with van der Waals surface area (Å²) in [5.41, 5.74) is 5.10. The van der Waals surface area contributed by atoms with Crippen LogP contribution in [0.3, 0.4) is 0 Å². The van der Waals surface area contributed by atoms with Crippen LogP contribution in [0.2, 0.25) is 0 Å². The van der Waals surface area contributed by atoms with Crippen molar-refractivity contribution >= 4 is 16.9 Å². The first-order valence-corrected chi connectivity index (χ1v) is 12.0. The van der Waals surface area contributed by atoms with E-state index >= 15 is 0 Å². The van der Waals surface area contributed by atoms with Crippen molar-refractivity contribution in [3.63, 3.8) is 0 Å². The Balaban J connectivity index is 1.39. The highest BCUT2D eigenvalue weighted by Crippen LogP contribution is 2.26. The molecule has 3 aromatic carbocycles. The van der Waals surface area contributed by atoms with Gasteiger partial charge in [0.1, 0.15) is 11.6 Å². The highest BCUT2D eigenvalue weighted by molar-refractivity contribution is 5.94. The molecule has 0 unspecified atom stereocenters. The van der Waals surface area contributed by atoms with E-state index < -0.39 is 0 Å². The Hall–Kier alpha value is -3.60. The van der Waals surface area contributed by atoms with Crippen LogP contribution in [0.1, 0.15) is 53.5 Å². The van der Waals surface area contributed by atoms with E-state index in [-0.39, 0.29) is 5.91 Å². The van der Waals surface area contributed by atoms with Gasteiger partial charge >= 0.3 is 0 Å². The molecule has 0 aliphatic rings. The monoisotopic (exact) mass is 455 g/mol. The Morgan fingerprint density at radius 1 is 1.03 bits per heavy atom. The number of hydrogen-bond acceptors (Lipinski definition) is 3. The number of fused-ring (bicyclic) bond motifs is 1. The summed E-state index contributed by atoms with van der Waals surface area (Å²) < 4.78 is 8.38. The second-order valence-electron chi connectivity index (χ2n) is 8.94. The maximum absolute atomic E-state index is 12.5. The van der Waals surface area contributed by atoms with Gasteiger partial charge in [-0.15, -0.1) is 0 Å². The van der Waals surface area contributed by atoms with Gasteiger partial charge in [-0.25, -0.2) is 4.98 Å². The third-order valence-corrected chi connectivity index (χ3v) is 5.97. The normalized spacial score (nSPS) is 11.2. The predicted molar refractivity (Wildman–Crippen MR) is 138 cm³/mol. The zero-order chi connectivity index (χ0) is 23.9. The van der Waals surface area contributed by atoms with E-state index in [1.807, 2.05) is 61.5 Å². The van der Waals surface area contributed by atoms with Crippen LogP contribution < -0.4 is 10.1 Å². The third kappa shape index (κ3) is 5.66. The number of rotatable bonds is 10. The summed E-state index contributed by atoms with van der Waals surface area (Å²) >= 11 is 0. The van der Waals surface area contributed by atoms with Gasteiger partial charge in [0.05, 0.1) is 17.6 Å². The molecule has 0 atom stereocenters. The van der Waals surface area contributed by atoms with Gasteiger partial charge in [-0.2, -0.15) is 0 Å². The van der Waals surface area contributed by atoms with Crippen LogP contribution in [-0.4, -0.2) is 28.6 Å². The number of aryl methyl sites for hydroxylation is 2. The molecule has 4 rings (SSSR count). The van der Waals surface area contributed by atoms with Crippen LogP contribution in [0, 0.1) is 6.92 Å². The van der Waals surface area contributed by atoms with Gasteiger partial charge < -0.3 is 14.6 Å². The second kappa shape index (κ2) is 11.0. The largest absolute Gasteiger partial charge is 0.493 e. The number of amides is 1. The topological polar surface area (TPSA) is 56.2 Å². The molecular weight excluding hydrogens is 422 g/mol. The number of para-hydroxylation sites is 3. The van der Waals surface area contributed by atoms with E-state index in [2.05, 4.69) is 41.9 Å².